The lowest BCUT2D eigenvalue weighted by atomic mass is 9.95. The molecule has 0 aromatic rings. The molecule has 10 heavy (non-hydrogen) atoms. The van der Waals surface area contributed by atoms with Crippen molar-refractivity contribution in [2.24, 2.45) is 5.73 Å². The Morgan fingerprint density at radius 1 is 1.90 bits per heavy atom. The van der Waals surface area contributed by atoms with Gasteiger partial charge in [0.05, 0.1) is 0 Å². The largest absolute Gasteiger partial charge is 0.378 e. The Balaban J connectivity index is 2.89. The fraction of sp³-hybridized carbons (Fsp3) is 0.500. The molecule has 1 aliphatic heterocycles. The Morgan fingerprint density at radius 2 is 2.50 bits per heavy atom. The van der Waals surface area contributed by atoms with E-state index >= 15 is 0 Å². The van der Waals surface area contributed by atoms with E-state index in [1.54, 1.807) is 0 Å². The van der Waals surface area contributed by atoms with Crippen LogP contribution in [0.2, 0.25) is 0 Å². The summed E-state index contributed by atoms with van der Waals surface area (Å²) in [7, 11) is 0. The van der Waals surface area contributed by atoms with Crippen LogP contribution in [0.3, 0.4) is 0 Å². The van der Waals surface area contributed by atoms with Crippen molar-refractivity contribution in [3.63, 3.8) is 0 Å². The molecule has 0 amide bonds. The number of hydrogen-bond donors (Lipinski definition) is 3. The third-order valence-electron chi connectivity index (χ3n) is 1.61. The van der Waals surface area contributed by atoms with E-state index < -0.39 is 11.8 Å². The van der Waals surface area contributed by atoms with Gasteiger partial charge in [0.2, 0.25) is 0 Å². The second-order valence-electron chi connectivity index (χ2n) is 2.49. The zero-order chi connectivity index (χ0) is 7.78. The Kier molecular flexibility index (Phi) is 1.50. The van der Waals surface area contributed by atoms with Crippen LogP contribution in [0.5, 0.6) is 0 Å². The van der Waals surface area contributed by atoms with Gasteiger partial charge in [-0.15, -0.1) is 0 Å². The van der Waals surface area contributed by atoms with E-state index in [0.29, 0.717) is 0 Å². The fourth-order valence-electron chi connectivity index (χ4n) is 0.712. The fourth-order valence-corrected chi connectivity index (χ4v) is 0.712. The third-order valence-corrected chi connectivity index (χ3v) is 1.61. The summed E-state index contributed by atoms with van der Waals surface area (Å²) in [5.41, 5.74) is 3.91. The first-order valence-electron chi connectivity index (χ1n) is 3.00. The topological polar surface area (TPSA) is 75.3 Å². The number of nitrogens with two attached hydrogens (primary N) is 1. The average Bonchev–Trinajstić information content (AvgIpc) is 1.84. The van der Waals surface area contributed by atoms with Crippen LogP contribution in [0.15, 0.2) is 12.3 Å². The highest BCUT2D eigenvalue weighted by molar-refractivity contribution is 5.97. The number of nitrogens with one attached hydrogen (secondary N) is 1. The normalized spacial score (nSPS) is 39.5. The summed E-state index contributed by atoms with van der Waals surface area (Å²) >= 11 is 0. The molecule has 0 fully saturated rings. The smallest absolute Gasteiger partial charge is 0.191 e. The number of carbonyl (C=O) groups is 1. The lowest BCUT2D eigenvalue weighted by Gasteiger charge is -2.30. The molecule has 0 radical (unpaired) electrons. The molecular formula is C6H10N2O2. The van der Waals surface area contributed by atoms with Crippen LogP contribution in [0.25, 0.3) is 0 Å². The van der Waals surface area contributed by atoms with Crippen LogP contribution in [-0.4, -0.2) is 22.7 Å². The molecule has 56 valence electrons. The van der Waals surface area contributed by atoms with E-state index in [0.717, 1.165) is 0 Å². The summed E-state index contributed by atoms with van der Waals surface area (Å²) in [5, 5.41) is 12.0. The molecule has 0 bridgehead atoms. The predicted molar refractivity (Wildman–Crippen MR) is 35.9 cm³/mol. The maximum Gasteiger partial charge on any atom is 0.191 e. The van der Waals surface area contributed by atoms with Crippen LogP contribution in [0, 0.1) is 0 Å². The Labute approximate surface area is 58.7 Å². The number of rotatable bonds is 0. The van der Waals surface area contributed by atoms with Gasteiger partial charge >= 0.3 is 0 Å². The van der Waals surface area contributed by atoms with Gasteiger partial charge in [0, 0.05) is 12.3 Å². The Bertz CT molecular complexity index is 186. The minimum Gasteiger partial charge on any atom is -0.378 e. The first-order valence-corrected chi connectivity index (χ1v) is 3.00. The van der Waals surface area contributed by atoms with E-state index in [-0.39, 0.29) is 5.78 Å². The van der Waals surface area contributed by atoms with Crippen molar-refractivity contribution in [1.82, 2.24) is 5.32 Å². The summed E-state index contributed by atoms with van der Waals surface area (Å²) in [4.78, 5) is 10.9. The van der Waals surface area contributed by atoms with E-state index in [9.17, 15) is 9.90 Å². The van der Waals surface area contributed by atoms with Gasteiger partial charge < -0.3 is 16.2 Å². The molecule has 0 spiro atoms. The molecule has 0 aromatic carbocycles. The number of carbonyl (C=O) groups excluding carboxylic acids is 1. The molecule has 4 heteroatoms. The van der Waals surface area contributed by atoms with Gasteiger partial charge in [-0.25, -0.2) is 0 Å². The quantitative estimate of drug-likeness (QED) is 0.393. The van der Waals surface area contributed by atoms with Gasteiger partial charge in [-0.05, 0) is 6.92 Å². The minimum absolute atomic E-state index is 0.362. The molecule has 2 atom stereocenters. The van der Waals surface area contributed by atoms with Crippen LogP contribution in [0.1, 0.15) is 6.92 Å². The number of hydrogen-bond acceptors (Lipinski definition) is 4. The van der Waals surface area contributed by atoms with Gasteiger partial charge in [-0.3, -0.25) is 4.79 Å². The van der Waals surface area contributed by atoms with Gasteiger partial charge in [-0.1, -0.05) is 0 Å². The van der Waals surface area contributed by atoms with Crippen molar-refractivity contribution in [1.29, 1.82) is 0 Å². The first-order chi connectivity index (χ1) is 4.55. The lowest BCUT2D eigenvalue weighted by Crippen LogP contribution is -2.59. The number of aliphatic hydroxyl groups is 1. The van der Waals surface area contributed by atoms with Crippen LogP contribution in [-0.2, 0) is 4.79 Å². The zero-order valence-corrected chi connectivity index (χ0v) is 5.66. The monoisotopic (exact) mass is 142 g/mol. The molecule has 1 rings (SSSR count). The highest BCUT2D eigenvalue weighted by Crippen LogP contribution is 2.11. The van der Waals surface area contributed by atoms with Crippen molar-refractivity contribution < 1.29 is 9.90 Å². The van der Waals surface area contributed by atoms with E-state index in [1.165, 1.54) is 19.2 Å². The van der Waals surface area contributed by atoms with Crippen LogP contribution < -0.4 is 11.1 Å². The Morgan fingerprint density at radius 3 is 2.90 bits per heavy atom. The molecule has 1 heterocycles. The molecule has 4 nitrogen and oxygen atoms in total. The van der Waals surface area contributed by atoms with Gasteiger partial charge in [-0.2, -0.15) is 0 Å². The maximum absolute atomic E-state index is 10.9. The third kappa shape index (κ3) is 0.913. The van der Waals surface area contributed by atoms with Crippen molar-refractivity contribution in [2.45, 2.75) is 18.7 Å². The van der Waals surface area contributed by atoms with Gasteiger partial charge in [0.25, 0.3) is 0 Å². The standard InChI is InChI=1S/C6H10N2O2/c1-6(10)4(9)2-3-8-5(6)7/h2-3,5,8,10H,7H2,1H3. The van der Waals surface area contributed by atoms with Crippen LogP contribution >= 0.6 is 0 Å². The highest BCUT2D eigenvalue weighted by Gasteiger charge is 2.37. The van der Waals surface area contributed by atoms with Crippen molar-refractivity contribution >= 4 is 5.78 Å². The van der Waals surface area contributed by atoms with Crippen molar-refractivity contribution in [2.75, 3.05) is 0 Å². The lowest BCUT2D eigenvalue weighted by molar-refractivity contribution is -0.133. The van der Waals surface area contributed by atoms with E-state index in [2.05, 4.69) is 5.32 Å². The molecular weight excluding hydrogens is 132 g/mol. The minimum atomic E-state index is -1.46. The molecule has 2 unspecified atom stereocenters. The summed E-state index contributed by atoms with van der Waals surface area (Å²) in [6.45, 7) is 1.39. The van der Waals surface area contributed by atoms with Gasteiger partial charge in [0.1, 0.15) is 6.17 Å². The Hall–Kier alpha value is -0.870. The summed E-state index contributed by atoms with van der Waals surface area (Å²) in [6.07, 6.45) is 2.00. The number of ketones is 1. The molecule has 0 aliphatic carbocycles. The maximum atomic E-state index is 10.9. The van der Waals surface area contributed by atoms with Crippen molar-refractivity contribution in [3.8, 4) is 0 Å². The summed E-state index contributed by atoms with van der Waals surface area (Å²) in [5.74, 6) is -0.362. The summed E-state index contributed by atoms with van der Waals surface area (Å²) in [6, 6.07) is 0. The zero-order valence-electron chi connectivity index (χ0n) is 5.66. The second-order valence-corrected chi connectivity index (χ2v) is 2.49. The molecule has 0 aromatic heterocycles. The average molecular weight is 142 g/mol. The second kappa shape index (κ2) is 2.07. The highest BCUT2D eigenvalue weighted by atomic mass is 16.3. The van der Waals surface area contributed by atoms with Crippen molar-refractivity contribution in [3.05, 3.63) is 12.3 Å². The SMILES string of the molecule is CC1(O)C(=O)C=CNC1N. The molecule has 0 saturated heterocycles. The molecule has 1 aliphatic rings. The summed E-state index contributed by atoms with van der Waals surface area (Å²) < 4.78 is 0. The van der Waals surface area contributed by atoms with Gasteiger partial charge in [0.15, 0.2) is 11.4 Å². The van der Waals surface area contributed by atoms with Crippen LogP contribution in [0.4, 0.5) is 0 Å². The molecule has 4 N–H and O–H groups in total. The molecule has 0 saturated carbocycles. The van der Waals surface area contributed by atoms with E-state index in [1.807, 2.05) is 0 Å². The first kappa shape index (κ1) is 7.24. The van der Waals surface area contributed by atoms with E-state index in [4.69, 9.17) is 5.73 Å². The predicted octanol–water partition coefficient (Wildman–Crippen LogP) is -1.29.